The number of nitrogens with one attached hydrogen (secondary N) is 1. The minimum atomic E-state index is -0.595. The quantitative estimate of drug-likeness (QED) is 0.686. The molecule has 1 aromatic rings. The van der Waals surface area contributed by atoms with Gasteiger partial charge in [0.15, 0.2) is 0 Å². The van der Waals surface area contributed by atoms with Gasteiger partial charge in [-0.05, 0) is 55.9 Å². The number of hydrogen-bond donors (Lipinski definition) is 2. The second kappa shape index (κ2) is 10.3. The van der Waals surface area contributed by atoms with Crippen LogP contribution in [0.3, 0.4) is 0 Å². The van der Waals surface area contributed by atoms with E-state index in [-0.39, 0.29) is 11.8 Å². The van der Waals surface area contributed by atoms with E-state index in [1.54, 1.807) is 40.9 Å². The van der Waals surface area contributed by atoms with E-state index in [1.165, 1.54) is 7.11 Å². The predicted molar refractivity (Wildman–Crippen MR) is 107 cm³/mol. The average molecular weight is 394 g/mol. The molecule has 8 heteroatoms. The third kappa shape index (κ3) is 5.71. The minimum absolute atomic E-state index is 0.243. The Morgan fingerprint density at radius 3 is 2.85 bits per heavy atom. The molecule has 1 saturated heterocycles. The number of anilines is 1. The van der Waals surface area contributed by atoms with Crippen LogP contribution in [-0.4, -0.2) is 60.4 Å². The number of ether oxygens (including phenoxy) is 1. The number of thioether (sulfide) groups is 1. The first-order chi connectivity index (χ1) is 13.0. The maximum atomic E-state index is 12.9. The molecule has 2 atom stereocenters. The summed E-state index contributed by atoms with van der Waals surface area (Å²) >= 11 is 1.63. The van der Waals surface area contributed by atoms with Crippen LogP contribution in [0.1, 0.15) is 36.0 Å². The molecule has 1 aliphatic heterocycles. The Morgan fingerprint density at radius 1 is 1.37 bits per heavy atom. The van der Waals surface area contributed by atoms with Crippen molar-refractivity contribution in [1.82, 2.24) is 4.90 Å². The molecule has 3 N–H and O–H groups in total. The second-order valence-corrected chi connectivity index (χ2v) is 7.48. The van der Waals surface area contributed by atoms with Gasteiger partial charge >= 0.3 is 5.97 Å². The third-order valence-electron chi connectivity index (χ3n) is 4.58. The highest BCUT2D eigenvalue weighted by atomic mass is 32.2. The Balaban J connectivity index is 2.10. The molecule has 0 saturated carbocycles. The lowest BCUT2D eigenvalue weighted by atomic mass is 10.0. The van der Waals surface area contributed by atoms with E-state index in [2.05, 4.69) is 5.32 Å². The van der Waals surface area contributed by atoms with Crippen LogP contribution < -0.4 is 11.1 Å². The molecule has 1 aliphatic rings. The fourth-order valence-electron chi connectivity index (χ4n) is 3.06. The topological polar surface area (TPSA) is 102 Å². The van der Waals surface area contributed by atoms with Crippen LogP contribution in [-0.2, 0) is 14.3 Å². The molecule has 27 heavy (non-hydrogen) atoms. The number of piperidine rings is 1. The molecular weight excluding hydrogens is 366 g/mol. The number of carbonyl (C=O) groups excluding carboxylic acids is 3. The number of esters is 1. The molecular formula is C19H27N3O4S. The van der Waals surface area contributed by atoms with Crippen molar-refractivity contribution >= 4 is 35.2 Å². The van der Waals surface area contributed by atoms with Crippen LogP contribution in [0.2, 0.25) is 0 Å². The summed E-state index contributed by atoms with van der Waals surface area (Å²) in [7, 11) is 1.33. The van der Waals surface area contributed by atoms with Gasteiger partial charge in [-0.1, -0.05) is 6.07 Å². The second-order valence-electron chi connectivity index (χ2n) is 6.49. The van der Waals surface area contributed by atoms with Crippen LogP contribution in [0.25, 0.3) is 0 Å². The normalized spacial score (nSPS) is 17.9. The molecule has 0 bridgehead atoms. The summed E-state index contributed by atoms with van der Waals surface area (Å²) < 4.78 is 4.84. The van der Waals surface area contributed by atoms with Crippen molar-refractivity contribution in [1.29, 1.82) is 0 Å². The van der Waals surface area contributed by atoms with E-state index in [1.807, 2.05) is 6.26 Å². The fourth-order valence-corrected chi connectivity index (χ4v) is 3.55. The van der Waals surface area contributed by atoms with Gasteiger partial charge in [-0.15, -0.1) is 0 Å². The SMILES string of the molecule is COC(=O)C1CCCCN1C(=O)c1cccc(NC(=O)[C@@H](N)CCSC)c1. The predicted octanol–water partition coefficient (Wildman–Crippen LogP) is 1.87. The molecule has 7 nitrogen and oxygen atoms in total. The summed E-state index contributed by atoms with van der Waals surface area (Å²) in [6, 6.07) is 5.55. The molecule has 1 fully saturated rings. The zero-order valence-electron chi connectivity index (χ0n) is 15.8. The first-order valence-corrected chi connectivity index (χ1v) is 10.4. The zero-order valence-corrected chi connectivity index (χ0v) is 16.6. The zero-order chi connectivity index (χ0) is 19.8. The summed E-state index contributed by atoms with van der Waals surface area (Å²) in [5.74, 6) is -0.115. The number of likely N-dealkylation sites (tertiary alicyclic amines) is 1. The monoisotopic (exact) mass is 393 g/mol. The highest BCUT2D eigenvalue weighted by molar-refractivity contribution is 7.98. The summed E-state index contributed by atoms with van der Waals surface area (Å²) in [4.78, 5) is 38.7. The van der Waals surface area contributed by atoms with E-state index in [0.717, 1.165) is 18.6 Å². The van der Waals surface area contributed by atoms with Gasteiger partial charge in [-0.25, -0.2) is 4.79 Å². The van der Waals surface area contributed by atoms with Crippen molar-refractivity contribution in [2.45, 2.75) is 37.8 Å². The number of benzene rings is 1. The van der Waals surface area contributed by atoms with Crippen molar-refractivity contribution < 1.29 is 19.1 Å². The lowest BCUT2D eigenvalue weighted by Crippen LogP contribution is -2.48. The van der Waals surface area contributed by atoms with Crippen LogP contribution in [0.5, 0.6) is 0 Å². The molecule has 148 valence electrons. The smallest absolute Gasteiger partial charge is 0.328 e. The van der Waals surface area contributed by atoms with Crippen LogP contribution in [0.15, 0.2) is 24.3 Å². The van der Waals surface area contributed by atoms with E-state index < -0.39 is 18.1 Å². The Bertz CT molecular complexity index is 683. The van der Waals surface area contributed by atoms with Gasteiger partial charge in [-0.2, -0.15) is 11.8 Å². The number of rotatable bonds is 7. The average Bonchev–Trinajstić information content (AvgIpc) is 2.70. The first-order valence-electron chi connectivity index (χ1n) is 9.02. The Hall–Kier alpha value is -2.06. The van der Waals surface area contributed by atoms with E-state index in [0.29, 0.717) is 30.6 Å². The number of methoxy groups -OCH3 is 1. The van der Waals surface area contributed by atoms with Gasteiger partial charge in [0.2, 0.25) is 5.91 Å². The van der Waals surface area contributed by atoms with E-state index in [9.17, 15) is 14.4 Å². The van der Waals surface area contributed by atoms with Gasteiger partial charge in [0.05, 0.1) is 13.2 Å². The van der Waals surface area contributed by atoms with Crippen molar-refractivity contribution in [3.8, 4) is 0 Å². The Morgan fingerprint density at radius 2 is 2.15 bits per heavy atom. The maximum Gasteiger partial charge on any atom is 0.328 e. The summed E-state index contributed by atoms with van der Waals surface area (Å²) in [6.07, 6.45) is 4.87. The van der Waals surface area contributed by atoms with Crippen LogP contribution in [0, 0.1) is 0 Å². The van der Waals surface area contributed by atoms with Crippen LogP contribution >= 0.6 is 11.8 Å². The van der Waals surface area contributed by atoms with E-state index >= 15 is 0 Å². The number of carbonyl (C=O) groups is 3. The van der Waals surface area contributed by atoms with Crippen molar-refractivity contribution in [2.24, 2.45) is 5.73 Å². The largest absolute Gasteiger partial charge is 0.467 e. The minimum Gasteiger partial charge on any atom is -0.467 e. The maximum absolute atomic E-state index is 12.9. The van der Waals surface area contributed by atoms with Gasteiger partial charge in [0.1, 0.15) is 6.04 Å². The molecule has 0 aliphatic carbocycles. The highest BCUT2D eigenvalue weighted by Crippen LogP contribution is 2.22. The molecule has 0 spiro atoms. The molecule has 0 radical (unpaired) electrons. The third-order valence-corrected chi connectivity index (χ3v) is 5.23. The molecule has 2 amide bonds. The van der Waals surface area contributed by atoms with Crippen molar-refractivity contribution in [2.75, 3.05) is 31.0 Å². The van der Waals surface area contributed by atoms with Gasteiger partial charge in [0, 0.05) is 17.8 Å². The molecule has 1 aromatic carbocycles. The Kier molecular flexibility index (Phi) is 8.12. The number of hydrogen-bond acceptors (Lipinski definition) is 6. The number of amides is 2. The fraction of sp³-hybridized carbons (Fsp3) is 0.526. The molecule has 1 unspecified atom stereocenters. The first kappa shape index (κ1) is 21.2. The summed E-state index contributed by atoms with van der Waals surface area (Å²) in [5.41, 5.74) is 6.81. The van der Waals surface area contributed by atoms with Crippen molar-refractivity contribution in [3.05, 3.63) is 29.8 Å². The highest BCUT2D eigenvalue weighted by Gasteiger charge is 2.33. The van der Waals surface area contributed by atoms with Gasteiger partial charge in [-0.3, -0.25) is 9.59 Å². The molecule has 0 aromatic heterocycles. The molecule has 1 heterocycles. The Labute approximate surface area is 164 Å². The lowest BCUT2D eigenvalue weighted by Gasteiger charge is -2.33. The summed E-state index contributed by atoms with van der Waals surface area (Å²) in [5, 5.41) is 2.76. The standard InChI is InChI=1S/C19H27N3O4S/c1-26-19(25)16-8-3-4-10-22(16)18(24)13-6-5-7-14(12-13)21-17(23)15(20)9-11-27-2/h5-7,12,15-16H,3-4,8-11,20H2,1-2H3,(H,21,23)/t15-,16?/m0/s1. The lowest BCUT2D eigenvalue weighted by molar-refractivity contribution is -0.147. The molecule has 2 rings (SSSR count). The van der Waals surface area contributed by atoms with Crippen LogP contribution in [0.4, 0.5) is 5.69 Å². The number of nitrogens with two attached hydrogens (primary N) is 1. The van der Waals surface area contributed by atoms with E-state index in [4.69, 9.17) is 10.5 Å². The number of nitrogens with zero attached hydrogens (tertiary/aromatic N) is 1. The summed E-state index contributed by atoms with van der Waals surface area (Å²) in [6.45, 7) is 0.509. The van der Waals surface area contributed by atoms with Gasteiger partial charge in [0.25, 0.3) is 5.91 Å². The van der Waals surface area contributed by atoms with Crippen molar-refractivity contribution in [3.63, 3.8) is 0 Å². The van der Waals surface area contributed by atoms with Gasteiger partial charge < -0.3 is 20.7 Å².